The Hall–Kier alpha value is -2.64. The molecule has 0 saturated carbocycles. The smallest absolute Gasteiger partial charge is 0.409 e. The number of aliphatic imine (C=N–C) groups is 1. The Balaban J connectivity index is 1.83. The molecular formula is C18H28N4O4. The van der Waals surface area contributed by atoms with Crippen LogP contribution in [-0.4, -0.2) is 62.0 Å². The minimum atomic E-state index is -0.248. The first-order chi connectivity index (χ1) is 12.6. The van der Waals surface area contributed by atoms with Gasteiger partial charge in [0.1, 0.15) is 11.5 Å². The molecule has 144 valence electrons. The van der Waals surface area contributed by atoms with Gasteiger partial charge < -0.3 is 30.1 Å². The molecule has 1 saturated heterocycles. The van der Waals surface area contributed by atoms with E-state index in [4.69, 9.17) is 9.47 Å². The van der Waals surface area contributed by atoms with E-state index in [0.29, 0.717) is 38.0 Å². The first-order valence-electron chi connectivity index (χ1n) is 8.82. The van der Waals surface area contributed by atoms with Crippen LogP contribution in [0.25, 0.3) is 0 Å². The second-order valence-corrected chi connectivity index (χ2v) is 6.02. The van der Waals surface area contributed by atoms with E-state index in [2.05, 4.69) is 15.6 Å². The van der Waals surface area contributed by atoms with Crippen molar-refractivity contribution in [3.8, 4) is 11.5 Å². The van der Waals surface area contributed by atoms with Crippen LogP contribution in [0.4, 0.5) is 4.79 Å². The van der Waals surface area contributed by atoms with Crippen LogP contribution < -0.4 is 15.4 Å². The van der Waals surface area contributed by atoms with Crippen LogP contribution in [0.1, 0.15) is 25.3 Å². The number of carbonyl (C=O) groups excluding carboxylic acids is 1. The summed E-state index contributed by atoms with van der Waals surface area (Å²) in [4.78, 5) is 17.7. The van der Waals surface area contributed by atoms with Crippen molar-refractivity contribution in [2.24, 2.45) is 4.99 Å². The molecule has 0 radical (unpaired) electrons. The summed E-state index contributed by atoms with van der Waals surface area (Å²) in [6, 6.07) is 5.33. The Bertz CT molecular complexity index is 628. The highest BCUT2D eigenvalue weighted by atomic mass is 16.6. The molecule has 8 nitrogen and oxygen atoms in total. The van der Waals surface area contributed by atoms with Crippen LogP contribution in [0.15, 0.2) is 23.2 Å². The van der Waals surface area contributed by atoms with Gasteiger partial charge >= 0.3 is 6.09 Å². The van der Waals surface area contributed by atoms with Crippen LogP contribution in [-0.2, 0) is 11.3 Å². The van der Waals surface area contributed by atoms with Crippen molar-refractivity contribution in [3.05, 3.63) is 23.8 Å². The van der Waals surface area contributed by atoms with E-state index in [9.17, 15) is 9.90 Å². The minimum Gasteiger partial charge on any atom is -0.508 e. The van der Waals surface area contributed by atoms with E-state index in [-0.39, 0.29) is 17.9 Å². The van der Waals surface area contributed by atoms with E-state index < -0.39 is 0 Å². The van der Waals surface area contributed by atoms with Crippen LogP contribution in [0.2, 0.25) is 0 Å². The molecule has 1 aromatic carbocycles. The van der Waals surface area contributed by atoms with Crippen molar-refractivity contribution in [1.29, 1.82) is 0 Å². The molecule has 3 N–H and O–H groups in total. The molecule has 1 amide bonds. The quantitative estimate of drug-likeness (QED) is 0.544. The molecule has 0 aliphatic carbocycles. The van der Waals surface area contributed by atoms with Gasteiger partial charge in [-0.05, 0) is 38.0 Å². The van der Waals surface area contributed by atoms with E-state index in [1.165, 1.54) is 0 Å². The number of hydrogen-bond acceptors (Lipinski definition) is 5. The molecular weight excluding hydrogens is 336 g/mol. The van der Waals surface area contributed by atoms with Crippen molar-refractivity contribution in [2.75, 3.05) is 33.9 Å². The van der Waals surface area contributed by atoms with Crippen molar-refractivity contribution in [2.45, 2.75) is 32.4 Å². The first kappa shape index (κ1) is 19.7. The number of benzene rings is 1. The number of methoxy groups -OCH3 is 1. The number of rotatable bonds is 5. The van der Waals surface area contributed by atoms with Gasteiger partial charge in [-0.1, -0.05) is 0 Å². The summed E-state index contributed by atoms with van der Waals surface area (Å²) in [5.74, 6) is 1.55. The Kier molecular flexibility index (Phi) is 7.37. The summed E-state index contributed by atoms with van der Waals surface area (Å²) in [5, 5.41) is 16.5. The maximum absolute atomic E-state index is 11.7. The molecule has 8 heteroatoms. The predicted octanol–water partition coefficient (Wildman–Crippen LogP) is 1.69. The fourth-order valence-electron chi connectivity index (χ4n) is 2.82. The maximum atomic E-state index is 11.7. The number of phenols is 1. The summed E-state index contributed by atoms with van der Waals surface area (Å²) in [5.41, 5.74) is 0.726. The van der Waals surface area contributed by atoms with Gasteiger partial charge in [0.2, 0.25) is 0 Å². The number of nitrogens with zero attached hydrogens (tertiary/aromatic N) is 2. The molecule has 1 aliphatic rings. The molecule has 1 heterocycles. The van der Waals surface area contributed by atoms with E-state index in [1.54, 1.807) is 37.3 Å². The SMILES string of the molecule is CCOC(=O)N1CCC(NC(=NC)NCc2cc(OC)ccc2O)CC1. The number of phenolic OH excluding ortho intramolecular Hbond substituents is 1. The predicted molar refractivity (Wildman–Crippen MR) is 99.6 cm³/mol. The van der Waals surface area contributed by atoms with Gasteiger partial charge in [0.15, 0.2) is 5.96 Å². The molecule has 1 fully saturated rings. The lowest BCUT2D eigenvalue weighted by atomic mass is 10.1. The maximum Gasteiger partial charge on any atom is 0.409 e. The number of amides is 1. The number of aromatic hydroxyl groups is 1. The largest absolute Gasteiger partial charge is 0.508 e. The lowest BCUT2D eigenvalue weighted by Crippen LogP contribution is -2.49. The monoisotopic (exact) mass is 364 g/mol. The number of carbonyl (C=O) groups is 1. The van der Waals surface area contributed by atoms with Gasteiger partial charge in [0.25, 0.3) is 0 Å². The standard InChI is InChI=1S/C18H28N4O4/c1-4-26-18(24)22-9-7-14(8-10-22)21-17(19-2)20-12-13-11-15(25-3)5-6-16(13)23/h5-6,11,14,23H,4,7-10,12H2,1-3H3,(H2,19,20,21). The zero-order valence-corrected chi connectivity index (χ0v) is 15.6. The minimum absolute atomic E-state index is 0.205. The third kappa shape index (κ3) is 5.44. The number of likely N-dealkylation sites (tertiary alicyclic amines) is 1. The highest BCUT2D eigenvalue weighted by Crippen LogP contribution is 2.22. The molecule has 1 aromatic rings. The van der Waals surface area contributed by atoms with Crippen LogP contribution in [0.5, 0.6) is 11.5 Å². The summed E-state index contributed by atoms with van der Waals surface area (Å²) in [6.45, 7) is 3.94. The van der Waals surface area contributed by atoms with Crippen LogP contribution in [0, 0.1) is 0 Å². The summed E-state index contributed by atoms with van der Waals surface area (Å²) >= 11 is 0. The van der Waals surface area contributed by atoms with Crippen LogP contribution in [0.3, 0.4) is 0 Å². The molecule has 0 atom stereocenters. The zero-order chi connectivity index (χ0) is 18.9. The second-order valence-electron chi connectivity index (χ2n) is 6.02. The Morgan fingerprint density at radius 2 is 2.12 bits per heavy atom. The van der Waals surface area contributed by atoms with Gasteiger partial charge in [-0.25, -0.2) is 4.79 Å². The molecule has 0 aromatic heterocycles. The molecule has 0 spiro atoms. The third-order valence-electron chi connectivity index (χ3n) is 4.32. The highest BCUT2D eigenvalue weighted by molar-refractivity contribution is 5.80. The van der Waals surface area contributed by atoms with Gasteiger partial charge in [-0.15, -0.1) is 0 Å². The average Bonchev–Trinajstić information content (AvgIpc) is 2.66. The second kappa shape index (κ2) is 9.74. The number of piperidine rings is 1. The highest BCUT2D eigenvalue weighted by Gasteiger charge is 2.24. The third-order valence-corrected chi connectivity index (χ3v) is 4.32. The fourth-order valence-corrected chi connectivity index (χ4v) is 2.82. The number of nitrogens with one attached hydrogen (secondary N) is 2. The summed E-state index contributed by atoms with van der Waals surface area (Å²) < 4.78 is 10.2. The number of ether oxygens (including phenoxy) is 2. The topological polar surface area (TPSA) is 95.4 Å². The molecule has 1 aliphatic heterocycles. The van der Waals surface area contributed by atoms with E-state index >= 15 is 0 Å². The number of hydrogen-bond donors (Lipinski definition) is 3. The van der Waals surface area contributed by atoms with Crippen molar-refractivity contribution >= 4 is 12.1 Å². The first-order valence-corrected chi connectivity index (χ1v) is 8.82. The molecule has 0 bridgehead atoms. The van der Waals surface area contributed by atoms with Crippen LogP contribution >= 0.6 is 0 Å². The van der Waals surface area contributed by atoms with Crippen molar-refractivity contribution in [1.82, 2.24) is 15.5 Å². The lowest BCUT2D eigenvalue weighted by Gasteiger charge is -2.32. The molecule has 0 unspecified atom stereocenters. The summed E-state index contributed by atoms with van der Waals surface area (Å²) in [6.07, 6.45) is 1.40. The van der Waals surface area contributed by atoms with Crippen molar-refractivity contribution in [3.63, 3.8) is 0 Å². The molecule has 2 rings (SSSR count). The van der Waals surface area contributed by atoms with Gasteiger partial charge in [-0.3, -0.25) is 4.99 Å². The summed E-state index contributed by atoms with van der Waals surface area (Å²) in [7, 11) is 3.29. The van der Waals surface area contributed by atoms with Crippen molar-refractivity contribution < 1.29 is 19.4 Å². The Labute approximate surface area is 154 Å². The molecule has 26 heavy (non-hydrogen) atoms. The van der Waals surface area contributed by atoms with E-state index in [1.807, 2.05) is 6.92 Å². The Morgan fingerprint density at radius 1 is 1.38 bits per heavy atom. The van der Waals surface area contributed by atoms with Gasteiger partial charge in [-0.2, -0.15) is 0 Å². The van der Waals surface area contributed by atoms with E-state index in [0.717, 1.165) is 18.4 Å². The zero-order valence-electron chi connectivity index (χ0n) is 15.6. The van der Waals surface area contributed by atoms with Gasteiger partial charge in [0.05, 0.1) is 13.7 Å². The Morgan fingerprint density at radius 3 is 2.73 bits per heavy atom. The number of guanidine groups is 1. The average molecular weight is 364 g/mol. The fraction of sp³-hybridized carbons (Fsp3) is 0.556. The van der Waals surface area contributed by atoms with Gasteiger partial charge in [0, 0.05) is 38.3 Å². The lowest BCUT2D eigenvalue weighted by molar-refractivity contribution is 0.0963. The normalized spacial score (nSPS) is 15.5.